The molecular formula is C31H39N3O8. The number of amides is 2. The number of nitrogens with zero attached hydrogens (tertiary/aromatic N) is 2. The Morgan fingerprint density at radius 3 is 2.29 bits per heavy atom. The summed E-state index contributed by atoms with van der Waals surface area (Å²) in [6, 6.07) is 0.520. The topological polar surface area (TPSA) is 182 Å². The molecule has 4 atom stereocenters. The third kappa shape index (κ3) is 4.16. The highest BCUT2D eigenvalue weighted by Gasteiger charge is 2.64. The van der Waals surface area contributed by atoms with Crippen LogP contribution in [-0.4, -0.2) is 92.4 Å². The van der Waals surface area contributed by atoms with E-state index in [0.29, 0.717) is 24.6 Å². The third-order valence-corrected chi connectivity index (χ3v) is 9.68. The standard InChI is InChI=1S/C31H39N3O8/c1-13(2)16-12-18(30(41)34-8-6-14(3)7-9-34)24(35)21-17(16)10-15-11-19-23(33(4)5)26(37)22(29(32)40)28(39)31(19,42)27(38)20(15)25(21)36/h12-15,19,23,35-36,39,42H,6-11H2,1-5H3,(H2,32,40)/t15-,19-,23+,31-/m0/s1. The zero-order valence-electron chi connectivity index (χ0n) is 24.6. The molecule has 1 aromatic rings. The lowest BCUT2D eigenvalue weighted by molar-refractivity contribution is -0.153. The van der Waals surface area contributed by atoms with Gasteiger partial charge in [0.25, 0.3) is 11.8 Å². The van der Waals surface area contributed by atoms with Gasteiger partial charge in [-0.2, -0.15) is 0 Å². The second-order valence-corrected chi connectivity index (χ2v) is 12.8. The van der Waals surface area contributed by atoms with Crippen LogP contribution in [0.3, 0.4) is 0 Å². The second-order valence-electron chi connectivity index (χ2n) is 12.8. The maximum Gasteiger partial charge on any atom is 0.257 e. The lowest BCUT2D eigenvalue weighted by Gasteiger charge is -2.50. The van der Waals surface area contributed by atoms with Gasteiger partial charge in [0.1, 0.15) is 22.8 Å². The van der Waals surface area contributed by atoms with Gasteiger partial charge in [0.2, 0.25) is 5.78 Å². The van der Waals surface area contributed by atoms with E-state index in [1.807, 2.05) is 13.8 Å². The van der Waals surface area contributed by atoms with Gasteiger partial charge in [-0.1, -0.05) is 20.8 Å². The molecule has 3 aliphatic carbocycles. The maximum atomic E-state index is 14.1. The SMILES string of the molecule is CC1CCN(C(=O)c2cc(C(C)C)c3c(c2O)C(O)=C2C(=O)[C@]4(O)C(O)=C(C(N)=O)C(=O)[C@H](N(C)C)[C@@H]4C[C@@H]2C3)CC1. The minimum atomic E-state index is -2.71. The van der Waals surface area contributed by atoms with Crippen molar-refractivity contribution in [1.29, 1.82) is 0 Å². The van der Waals surface area contributed by atoms with E-state index in [1.165, 1.54) is 4.90 Å². The maximum absolute atomic E-state index is 14.1. The number of carbonyl (C=O) groups is 4. The second kappa shape index (κ2) is 10.2. The smallest absolute Gasteiger partial charge is 0.257 e. The zero-order chi connectivity index (χ0) is 31.0. The number of primary amides is 1. The highest BCUT2D eigenvalue weighted by atomic mass is 16.3. The minimum absolute atomic E-state index is 0.0106. The fourth-order valence-electron chi connectivity index (χ4n) is 7.40. The molecular weight excluding hydrogens is 542 g/mol. The van der Waals surface area contributed by atoms with E-state index in [1.54, 1.807) is 25.1 Å². The molecule has 2 amide bonds. The Hall–Kier alpha value is -3.70. The Kier molecular flexibility index (Phi) is 7.26. The molecule has 1 saturated carbocycles. The number of fused-ring (bicyclic) bond motifs is 3. The quantitative estimate of drug-likeness (QED) is 0.332. The molecule has 11 heteroatoms. The Morgan fingerprint density at radius 2 is 1.74 bits per heavy atom. The molecule has 0 bridgehead atoms. The van der Waals surface area contributed by atoms with Crippen molar-refractivity contribution in [2.45, 2.75) is 64.0 Å². The van der Waals surface area contributed by atoms with E-state index in [4.69, 9.17) is 5.73 Å². The number of likely N-dealkylation sites (N-methyl/N-ethyl adjacent to an activating group) is 1. The minimum Gasteiger partial charge on any atom is -0.508 e. The third-order valence-electron chi connectivity index (χ3n) is 9.68. The molecule has 2 fully saturated rings. The fourth-order valence-corrected chi connectivity index (χ4v) is 7.40. The lowest BCUT2D eigenvalue weighted by atomic mass is 9.57. The summed E-state index contributed by atoms with van der Waals surface area (Å²) in [5.74, 6) is -7.13. The first-order chi connectivity index (χ1) is 19.6. The summed E-state index contributed by atoms with van der Waals surface area (Å²) in [6.07, 6.45) is 1.86. The number of phenols is 1. The van der Waals surface area contributed by atoms with Crippen LogP contribution in [0.15, 0.2) is 23.0 Å². The monoisotopic (exact) mass is 581 g/mol. The number of aromatic hydroxyl groups is 1. The Balaban J connectivity index is 1.70. The van der Waals surface area contributed by atoms with Gasteiger partial charge in [0.15, 0.2) is 11.4 Å². The van der Waals surface area contributed by atoms with E-state index in [9.17, 15) is 39.6 Å². The van der Waals surface area contributed by atoms with Crippen molar-refractivity contribution >= 4 is 29.1 Å². The summed E-state index contributed by atoms with van der Waals surface area (Å²) >= 11 is 0. The van der Waals surface area contributed by atoms with Gasteiger partial charge in [-0.05, 0) is 74.7 Å². The number of rotatable bonds is 4. The van der Waals surface area contributed by atoms with E-state index >= 15 is 0 Å². The van der Waals surface area contributed by atoms with Gasteiger partial charge < -0.3 is 31.1 Å². The van der Waals surface area contributed by atoms with Crippen LogP contribution in [0.2, 0.25) is 0 Å². The van der Waals surface area contributed by atoms with Crippen LogP contribution in [-0.2, 0) is 20.8 Å². The molecule has 0 spiro atoms. The molecule has 11 nitrogen and oxygen atoms in total. The summed E-state index contributed by atoms with van der Waals surface area (Å²) in [6.45, 7) is 7.06. The first-order valence-corrected chi connectivity index (χ1v) is 14.5. The van der Waals surface area contributed by atoms with E-state index in [0.717, 1.165) is 18.4 Å². The molecule has 1 aromatic carbocycles. The number of benzene rings is 1. The lowest BCUT2D eigenvalue weighted by Crippen LogP contribution is -2.65. The largest absolute Gasteiger partial charge is 0.508 e. The van der Waals surface area contributed by atoms with Crippen molar-refractivity contribution in [2.75, 3.05) is 27.2 Å². The molecule has 42 heavy (non-hydrogen) atoms. The fraction of sp³-hybridized carbons (Fsp3) is 0.548. The molecule has 0 aromatic heterocycles. The van der Waals surface area contributed by atoms with Crippen molar-refractivity contribution in [3.8, 4) is 5.75 Å². The summed E-state index contributed by atoms with van der Waals surface area (Å²) in [5, 5.41) is 46.0. The summed E-state index contributed by atoms with van der Waals surface area (Å²) in [7, 11) is 3.12. The number of phenolic OH excluding ortho intramolecular Hbond substituents is 1. The number of Topliss-reactive ketones (excluding diaryl/α,β-unsaturated/α-hetero) is 2. The average molecular weight is 582 g/mol. The Bertz CT molecular complexity index is 1470. The highest BCUT2D eigenvalue weighted by molar-refractivity contribution is 6.24. The summed E-state index contributed by atoms with van der Waals surface area (Å²) in [4.78, 5) is 56.3. The van der Waals surface area contributed by atoms with E-state index < -0.39 is 63.8 Å². The number of likely N-dealkylation sites (tertiary alicyclic amines) is 1. The van der Waals surface area contributed by atoms with Gasteiger partial charge in [0.05, 0.1) is 17.2 Å². The van der Waals surface area contributed by atoms with Gasteiger partial charge >= 0.3 is 0 Å². The van der Waals surface area contributed by atoms with Crippen LogP contribution in [0.5, 0.6) is 5.75 Å². The van der Waals surface area contributed by atoms with E-state index in [2.05, 4.69) is 6.92 Å². The average Bonchev–Trinajstić information content (AvgIpc) is 2.90. The van der Waals surface area contributed by atoms with Gasteiger partial charge in [-0.25, -0.2) is 0 Å². The summed E-state index contributed by atoms with van der Waals surface area (Å²) < 4.78 is 0. The van der Waals surface area contributed by atoms with Crippen LogP contribution in [0.1, 0.15) is 73.0 Å². The highest BCUT2D eigenvalue weighted by Crippen LogP contribution is 2.53. The Morgan fingerprint density at radius 1 is 1.12 bits per heavy atom. The molecule has 0 radical (unpaired) electrons. The van der Waals surface area contributed by atoms with Crippen molar-refractivity contribution in [3.63, 3.8) is 0 Å². The number of nitrogens with two attached hydrogens (primary N) is 1. The number of piperidine rings is 1. The van der Waals surface area contributed by atoms with Crippen LogP contribution in [0, 0.1) is 17.8 Å². The predicted molar refractivity (Wildman–Crippen MR) is 153 cm³/mol. The number of aliphatic hydroxyl groups is 3. The van der Waals surface area contributed by atoms with Gasteiger partial charge in [-0.15, -0.1) is 0 Å². The number of ketones is 2. The number of hydrogen-bond acceptors (Lipinski definition) is 9. The molecule has 226 valence electrons. The van der Waals surface area contributed by atoms with Crippen LogP contribution >= 0.6 is 0 Å². The van der Waals surface area contributed by atoms with Crippen LogP contribution < -0.4 is 5.73 Å². The molecule has 4 aliphatic rings. The summed E-state index contributed by atoms with van der Waals surface area (Å²) in [5.41, 5.74) is 2.88. The first kappa shape index (κ1) is 29.8. The number of carbonyl (C=O) groups excluding carboxylic acids is 4. The zero-order valence-corrected chi connectivity index (χ0v) is 24.6. The number of hydrogen-bond donors (Lipinski definition) is 5. The van der Waals surface area contributed by atoms with Gasteiger partial charge in [0, 0.05) is 24.6 Å². The first-order valence-electron chi connectivity index (χ1n) is 14.5. The normalized spacial score (nSPS) is 28.3. The van der Waals surface area contributed by atoms with E-state index in [-0.39, 0.29) is 41.4 Å². The predicted octanol–water partition coefficient (Wildman–Crippen LogP) is 1.96. The molecule has 1 saturated heterocycles. The van der Waals surface area contributed by atoms with Crippen LogP contribution in [0.4, 0.5) is 0 Å². The Labute approximate surface area is 244 Å². The van der Waals surface area contributed by atoms with Gasteiger partial charge in [-0.3, -0.25) is 24.1 Å². The van der Waals surface area contributed by atoms with Crippen molar-refractivity contribution in [3.05, 3.63) is 45.2 Å². The number of aliphatic hydroxyl groups excluding tert-OH is 2. The molecule has 0 unspecified atom stereocenters. The van der Waals surface area contributed by atoms with Crippen LogP contribution in [0.25, 0.3) is 5.76 Å². The van der Waals surface area contributed by atoms with Crippen molar-refractivity contribution in [2.24, 2.45) is 23.5 Å². The van der Waals surface area contributed by atoms with Crippen molar-refractivity contribution < 1.29 is 39.6 Å². The molecule has 5 rings (SSSR count). The molecule has 1 heterocycles. The molecule has 1 aliphatic heterocycles. The molecule has 6 N–H and O–H groups in total. The van der Waals surface area contributed by atoms with Crippen molar-refractivity contribution in [1.82, 2.24) is 9.80 Å².